The Hall–Kier alpha value is -2.40. The van der Waals surface area contributed by atoms with E-state index in [1.807, 2.05) is 12.1 Å². The smallest absolute Gasteiger partial charge is 0.238 e. The van der Waals surface area contributed by atoms with Crippen LogP contribution in [-0.4, -0.2) is 70.1 Å². The molecule has 0 spiro atoms. The second kappa shape index (κ2) is 9.84. The SMILES string of the molecule is COc1ncc(-c2cc3c(c(OCCN4C[C@@H](C)O[C@@H](C)C4)c2)COC3)cc1NS(C)(=O)=O. The molecule has 0 bridgehead atoms. The fourth-order valence-electron chi connectivity index (χ4n) is 4.35. The number of rotatable bonds is 8. The number of nitrogens with zero attached hydrogens (tertiary/aromatic N) is 2. The van der Waals surface area contributed by atoms with Gasteiger partial charge in [0.15, 0.2) is 0 Å². The van der Waals surface area contributed by atoms with E-state index in [9.17, 15) is 8.42 Å². The number of anilines is 1. The van der Waals surface area contributed by atoms with E-state index < -0.39 is 10.0 Å². The highest BCUT2D eigenvalue weighted by molar-refractivity contribution is 7.92. The molecule has 0 radical (unpaired) electrons. The summed E-state index contributed by atoms with van der Waals surface area (Å²) in [6.45, 7) is 8.35. The van der Waals surface area contributed by atoms with Gasteiger partial charge in [0.05, 0.1) is 38.8 Å². The third-order valence-electron chi connectivity index (χ3n) is 5.64. The van der Waals surface area contributed by atoms with Crippen LogP contribution in [-0.2, 0) is 32.7 Å². The van der Waals surface area contributed by atoms with Crippen LogP contribution < -0.4 is 14.2 Å². The van der Waals surface area contributed by atoms with Crippen molar-refractivity contribution < 1.29 is 27.4 Å². The maximum Gasteiger partial charge on any atom is 0.238 e. The molecule has 1 N–H and O–H groups in total. The first-order chi connectivity index (χ1) is 15.7. The van der Waals surface area contributed by atoms with Crippen molar-refractivity contribution in [3.05, 3.63) is 35.5 Å². The van der Waals surface area contributed by atoms with Crippen LogP contribution in [0.5, 0.6) is 11.6 Å². The van der Waals surface area contributed by atoms with Gasteiger partial charge in [-0.3, -0.25) is 9.62 Å². The van der Waals surface area contributed by atoms with Gasteiger partial charge in [-0.05, 0) is 43.2 Å². The van der Waals surface area contributed by atoms with Crippen molar-refractivity contribution in [2.45, 2.75) is 39.3 Å². The largest absolute Gasteiger partial charge is 0.492 e. The van der Waals surface area contributed by atoms with Gasteiger partial charge in [0.2, 0.25) is 15.9 Å². The standard InChI is InChI=1S/C23H31N3O6S/c1-15-11-26(12-16(2)32-15)5-6-31-22-9-17(7-19-13-30-14-20(19)22)18-8-21(25-33(4,27)28)23(29-3)24-10-18/h7-10,15-16,25H,5-6,11-14H2,1-4H3/t15-,16+. The Kier molecular flexibility index (Phi) is 7.08. The number of fused-ring (bicyclic) bond motifs is 1. The van der Waals surface area contributed by atoms with Crippen LogP contribution in [0.15, 0.2) is 24.4 Å². The van der Waals surface area contributed by atoms with Crippen LogP contribution in [0.25, 0.3) is 11.1 Å². The molecule has 33 heavy (non-hydrogen) atoms. The fraction of sp³-hybridized carbons (Fsp3) is 0.522. The van der Waals surface area contributed by atoms with Crippen LogP contribution in [0, 0.1) is 0 Å². The summed E-state index contributed by atoms with van der Waals surface area (Å²) >= 11 is 0. The van der Waals surface area contributed by atoms with Crippen LogP contribution in [0.4, 0.5) is 5.69 Å². The molecule has 1 saturated heterocycles. The first-order valence-corrected chi connectivity index (χ1v) is 12.9. The Morgan fingerprint density at radius 3 is 2.61 bits per heavy atom. The Bertz CT molecular complexity index is 1100. The average Bonchev–Trinajstić information content (AvgIpc) is 3.21. The third kappa shape index (κ3) is 5.94. The van der Waals surface area contributed by atoms with Crippen molar-refractivity contribution in [1.29, 1.82) is 0 Å². The number of hydrogen-bond donors (Lipinski definition) is 1. The minimum Gasteiger partial charge on any atom is -0.492 e. The monoisotopic (exact) mass is 477 g/mol. The van der Waals surface area contributed by atoms with E-state index in [1.54, 1.807) is 12.3 Å². The number of nitrogens with one attached hydrogen (secondary N) is 1. The van der Waals surface area contributed by atoms with Gasteiger partial charge in [-0.2, -0.15) is 0 Å². The lowest BCUT2D eigenvalue weighted by Crippen LogP contribution is -2.46. The highest BCUT2D eigenvalue weighted by Crippen LogP contribution is 2.36. The zero-order chi connectivity index (χ0) is 23.6. The molecule has 1 aromatic heterocycles. The van der Waals surface area contributed by atoms with E-state index in [4.69, 9.17) is 18.9 Å². The fourth-order valence-corrected chi connectivity index (χ4v) is 4.90. The van der Waals surface area contributed by atoms with Gasteiger partial charge in [-0.25, -0.2) is 13.4 Å². The Morgan fingerprint density at radius 1 is 1.15 bits per heavy atom. The summed E-state index contributed by atoms with van der Waals surface area (Å²) in [5, 5.41) is 0. The molecule has 2 aromatic rings. The Labute approximate surface area is 195 Å². The minimum atomic E-state index is -3.49. The summed E-state index contributed by atoms with van der Waals surface area (Å²) in [5.74, 6) is 0.988. The Morgan fingerprint density at radius 2 is 1.91 bits per heavy atom. The van der Waals surface area contributed by atoms with E-state index in [0.29, 0.717) is 19.8 Å². The van der Waals surface area contributed by atoms with Crippen molar-refractivity contribution >= 4 is 15.7 Å². The molecule has 2 aliphatic rings. The number of pyridine rings is 1. The molecule has 0 saturated carbocycles. The first kappa shape index (κ1) is 23.7. The zero-order valence-corrected chi connectivity index (χ0v) is 20.3. The number of sulfonamides is 1. The summed E-state index contributed by atoms with van der Waals surface area (Å²) in [7, 11) is -2.04. The molecule has 1 fully saturated rings. The van der Waals surface area contributed by atoms with Crippen molar-refractivity contribution in [3.8, 4) is 22.8 Å². The molecule has 2 atom stereocenters. The average molecular weight is 478 g/mol. The molecule has 0 aliphatic carbocycles. The van der Waals surface area contributed by atoms with Crippen molar-refractivity contribution in [3.63, 3.8) is 0 Å². The molecular formula is C23H31N3O6S. The number of aromatic nitrogens is 1. The van der Waals surface area contributed by atoms with Gasteiger partial charge in [0.1, 0.15) is 18.0 Å². The summed E-state index contributed by atoms with van der Waals surface area (Å²) < 4.78 is 48.9. The molecule has 10 heteroatoms. The van der Waals surface area contributed by atoms with Gasteiger partial charge in [-0.1, -0.05) is 0 Å². The highest BCUT2D eigenvalue weighted by atomic mass is 32.2. The van der Waals surface area contributed by atoms with Crippen LogP contribution in [0.3, 0.4) is 0 Å². The van der Waals surface area contributed by atoms with E-state index >= 15 is 0 Å². The second-order valence-electron chi connectivity index (χ2n) is 8.63. The van der Waals surface area contributed by atoms with E-state index in [-0.39, 0.29) is 23.8 Å². The molecule has 9 nitrogen and oxygen atoms in total. The molecule has 0 amide bonds. The highest BCUT2D eigenvalue weighted by Gasteiger charge is 2.23. The summed E-state index contributed by atoms with van der Waals surface area (Å²) in [6.07, 6.45) is 3.18. The number of hydrogen-bond acceptors (Lipinski definition) is 8. The topological polar surface area (TPSA) is 99.2 Å². The maximum atomic E-state index is 11.8. The normalized spacial score (nSPS) is 21.0. The predicted octanol–water partition coefficient (Wildman–Crippen LogP) is 2.65. The molecule has 4 rings (SSSR count). The van der Waals surface area contributed by atoms with Crippen molar-refractivity contribution in [2.75, 3.05) is 44.3 Å². The zero-order valence-electron chi connectivity index (χ0n) is 19.5. The maximum absolute atomic E-state index is 11.8. The third-order valence-corrected chi connectivity index (χ3v) is 6.23. The molecule has 2 aliphatic heterocycles. The Balaban J connectivity index is 1.56. The van der Waals surface area contributed by atoms with E-state index in [1.165, 1.54) is 7.11 Å². The van der Waals surface area contributed by atoms with Gasteiger partial charge < -0.3 is 18.9 Å². The number of ether oxygens (including phenoxy) is 4. The lowest BCUT2D eigenvalue weighted by Gasteiger charge is -2.35. The summed E-state index contributed by atoms with van der Waals surface area (Å²) in [5.41, 5.74) is 4.02. The molecule has 1 aromatic carbocycles. The van der Waals surface area contributed by atoms with Crippen LogP contribution >= 0.6 is 0 Å². The van der Waals surface area contributed by atoms with Crippen molar-refractivity contribution in [2.24, 2.45) is 0 Å². The number of morpholine rings is 1. The predicted molar refractivity (Wildman–Crippen MR) is 125 cm³/mol. The lowest BCUT2D eigenvalue weighted by atomic mass is 10.0. The minimum absolute atomic E-state index is 0.208. The summed E-state index contributed by atoms with van der Waals surface area (Å²) in [6, 6.07) is 5.71. The van der Waals surface area contributed by atoms with Gasteiger partial charge in [-0.15, -0.1) is 0 Å². The second-order valence-corrected chi connectivity index (χ2v) is 10.4. The lowest BCUT2D eigenvalue weighted by molar-refractivity contribution is -0.0699. The van der Waals surface area contributed by atoms with Gasteiger partial charge >= 0.3 is 0 Å². The van der Waals surface area contributed by atoms with Crippen LogP contribution in [0.2, 0.25) is 0 Å². The van der Waals surface area contributed by atoms with E-state index in [2.05, 4.69) is 28.5 Å². The number of benzene rings is 1. The molecule has 3 heterocycles. The van der Waals surface area contributed by atoms with E-state index in [0.717, 1.165) is 53.9 Å². The first-order valence-electron chi connectivity index (χ1n) is 11.0. The van der Waals surface area contributed by atoms with Crippen molar-refractivity contribution in [1.82, 2.24) is 9.88 Å². The number of methoxy groups -OCH3 is 1. The molecular weight excluding hydrogens is 446 g/mol. The quantitative estimate of drug-likeness (QED) is 0.620. The van der Waals surface area contributed by atoms with Crippen LogP contribution in [0.1, 0.15) is 25.0 Å². The molecule has 0 unspecified atom stereocenters. The van der Waals surface area contributed by atoms with Gasteiger partial charge in [0.25, 0.3) is 0 Å². The summed E-state index contributed by atoms with van der Waals surface area (Å²) in [4.78, 5) is 6.64. The molecule has 180 valence electrons. The van der Waals surface area contributed by atoms with Gasteiger partial charge in [0, 0.05) is 37.0 Å².